The molecule has 0 spiro atoms. The highest BCUT2D eigenvalue weighted by molar-refractivity contribution is 8.55. The first-order chi connectivity index (χ1) is 22.5. The Morgan fingerprint density at radius 2 is 1.79 bits per heavy atom. The molecule has 3 fully saturated rings. The third-order valence-electron chi connectivity index (χ3n) is 7.24. The van der Waals surface area contributed by atoms with Crippen molar-refractivity contribution in [1.29, 1.82) is 0 Å². The van der Waals surface area contributed by atoms with E-state index in [1.54, 1.807) is 0 Å². The summed E-state index contributed by atoms with van der Waals surface area (Å²) < 4.78 is 91.0. The minimum atomic E-state index is -4.86. The average molecular weight is 728 g/mol. The van der Waals surface area contributed by atoms with E-state index in [0.717, 1.165) is 37.4 Å². The first-order valence-electron chi connectivity index (χ1n) is 13.5. The van der Waals surface area contributed by atoms with Gasteiger partial charge in [0.1, 0.15) is 42.4 Å². The molecule has 3 aliphatic rings. The highest BCUT2D eigenvalue weighted by Gasteiger charge is 2.56. The van der Waals surface area contributed by atoms with Crippen LogP contribution in [0.4, 0.5) is 10.2 Å². The van der Waals surface area contributed by atoms with Gasteiger partial charge >= 0.3 is 20.3 Å². The molecule has 258 valence electrons. The van der Waals surface area contributed by atoms with Crippen LogP contribution in [-0.2, 0) is 56.0 Å². The number of ether oxygens (including phenoxy) is 3. The molecule has 0 saturated carbocycles. The fourth-order valence-corrected chi connectivity index (χ4v) is 9.66. The summed E-state index contributed by atoms with van der Waals surface area (Å²) in [6.07, 6.45) is -8.27. The van der Waals surface area contributed by atoms with Gasteiger partial charge < -0.3 is 19.9 Å². The van der Waals surface area contributed by atoms with E-state index in [1.165, 1.54) is 18.0 Å². The summed E-state index contributed by atoms with van der Waals surface area (Å²) in [6.45, 7) is -5.12. The number of H-pyrrole nitrogens is 1. The van der Waals surface area contributed by atoms with Crippen molar-refractivity contribution in [2.45, 2.75) is 49.1 Å². The topological polar surface area (TPSA) is 251 Å². The summed E-state index contributed by atoms with van der Waals surface area (Å²) in [6, 6.07) is 1.07. The van der Waals surface area contributed by atoms with E-state index in [4.69, 9.17) is 47.8 Å². The molecule has 47 heavy (non-hydrogen) atoms. The van der Waals surface area contributed by atoms with Gasteiger partial charge in [-0.3, -0.25) is 32.5 Å². The van der Waals surface area contributed by atoms with Crippen molar-refractivity contribution < 1.29 is 60.4 Å². The number of nitrogens with two attached hydrogens (primary N) is 1. The average Bonchev–Trinajstić information content (AvgIpc) is 3.69. The number of aromatic amines is 1. The molecule has 0 aliphatic carbocycles. The molecule has 3 aromatic rings. The lowest BCUT2D eigenvalue weighted by atomic mass is 10.1. The van der Waals surface area contributed by atoms with Gasteiger partial charge in [-0.2, -0.15) is 0 Å². The van der Waals surface area contributed by atoms with Crippen LogP contribution >= 0.6 is 26.0 Å². The number of imidazole rings is 1. The molecule has 2 unspecified atom stereocenters. The van der Waals surface area contributed by atoms with Crippen LogP contribution in [0.2, 0.25) is 0 Å². The van der Waals surface area contributed by atoms with Crippen LogP contribution in [0.5, 0.6) is 0 Å². The number of alkyl halides is 1. The number of nitrogens with one attached hydrogen (secondary N) is 1. The van der Waals surface area contributed by atoms with Gasteiger partial charge in [-0.15, -0.1) is 9.35 Å². The quantitative estimate of drug-likeness (QED) is 0.196. The van der Waals surface area contributed by atoms with Gasteiger partial charge in [0.15, 0.2) is 30.1 Å². The second-order valence-electron chi connectivity index (χ2n) is 9.98. The monoisotopic (exact) mass is 727 g/mol. The molecule has 3 N–H and O–H groups in total. The number of anilines is 1. The van der Waals surface area contributed by atoms with Gasteiger partial charge in [0, 0.05) is 25.1 Å². The zero-order valence-corrected chi connectivity index (χ0v) is 27.2. The van der Waals surface area contributed by atoms with E-state index in [1.807, 2.05) is 0 Å². The number of nitrogen functional groups attached to an aromatic ring is 1. The number of aromatic nitrogens is 6. The number of hydrogen-bond donors (Lipinski definition) is 2. The summed E-state index contributed by atoms with van der Waals surface area (Å²) >= 11 is 0.514. The van der Waals surface area contributed by atoms with Crippen LogP contribution in [0.1, 0.15) is 12.5 Å². The Kier molecular flexibility index (Phi) is 9.99. The molecular weight excluding hydrogens is 699 g/mol. The normalized spacial score (nSPS) is 36.4. The van der Waals surface area contributed by atoms with E-state index in [0.29, 0.717) is 11.4 Å². The first-order valence-corrected chi connectivity index (χ1v) is 18.1. The third-order valence-corrected chi connectivity index (χ3v) is 12.0. The van der Waals surface area contributed by atoms with Crippen molar-refractivity contribution in [1.82, 2.24) is 29.1 Å². The number of phosphoric acid groups is 1. The summed E-state index contributed by atoms with van der Waals surface area (Å²) in [7, 11) is -1.52. The maximum atomic E-state index is 16.2. The number of methoxy groups -OCH3 is 1. The molecular formula is C22H28FN7O14P2S. The molecule has 2 bridgehead atoms. The van der Waals surface area contributed by atoms with Gasteiger partial charge in [0.2, 0.25) is 0 Å². The van der Waals surface area contributed by atoms with E-state index in [9.17, 15) is 18.7 Å². The molecule has 0 amide bonds. The van der Waals surface area contributed by atoms with E-state index in [2.05, 4.69) is 24.8 Å². The fraction of sp³-hybridized carbons (Fsp3) is 0.591. The Bertz CT molecular complexity index is 1810. The number of rotatable bonds is 7. The van der Waals surface area contributed by atoms with Crippen LogP contribution in [0.15, 0.2) is 34.5 Å². The van der Waals surface area contributed by atoms with Gasteiger partial charge in [0.25, 0.3) is 5.56 Å². The Balaban J connectivity index is 1.39. The Hall–Kier alpha value is -2.63. The molecule has 0 radical (unpaired) electrons. The second-order valence-corrected chi connectivity index (χ2v) is 15.5. The third kappa shape index (κ3) is 6.69. The van der Waals surface area contributed by atoms with Gasteiger partial charge in [-0.25, -0.2) is 43.0 Å². The molecule has 21 nitrogen and oxygen atoms in total. The molecule has 3 aromatic heterocycles. The molecule has 3 saturated heterocycles. The van der Waals surface area contributed by atoms with Crippen LogP contribution in [-0.4, -0.2) is 99.5 Å². The molecule has 6 heterocycles. The van der Waals surface area contributed by atoms with E-state index < -0.39 is 87.4 Å². The highest BCUT2D eigenvalue weighted by atomic mass is 32.7. The number of nitrogens with zero attached hydrogens (tertiary/aromatic N) is 5. The van der Waals surface area contributed by atoms with Crippen LogP contribution < -0.4 is 17.0 Å². The smallest absolute Gasteiger partial charge is 0.382 e. The molecule has 3 aliphatic heterocycles. The predicted octanol–water partition coefficient (Wildman–Crippen LogP) is 1.01. The van der Waals surface area contributed by atoms with Crippen LogP contribution in [0.25, 0.3) is 11.2 Å². The summed E-state index contributed by atoms with van der Waals surface area (Å²) in [5, 5.41) is 0. The summed E-state index contributed by atoms with van der Waals surface area (Å²) in [4.78, 5) is 48.0. The first kappa shape index (κ1) is 34.2. The Morgan fingerprint density at radius 3 is 2.51 bits per heavy atom. The minimum Gasteiger partial charge on any atom is -0.382 e. The highest BCUT2D eigenvalue weighted by Crippen LogP contribution is 2.64. The largest absolute Gasteiger partial charge is 0.502 e. The van der Waals surface area contributed by atoms with E-state index >= 15 is 4.39 Å². The van der Waals surface area contributed by atoms with Crippen molar-refractivity contribution in [2.24, 2.45) is 0 Å². The molecule has 25 heteroatoms. The number of halogens is 1. The molecule has 0 aromatic carbocycles. The van der Waals surface area contributed by atoms with Gasteiger partial charge in [-0.1, -0.05) is 0 Å². The lowest BCUT2D eigenvalue weighted by Gasteiger charge is -2.28. The van der Waals surface area contributed by atoms with Crippen LogP contribution in [0.3, 0.4) is 0 Å². The summed E-state index contributed by atoms with van der Waals surface area (Å²) in [5.74, 6) is -0.360. The van der Waals surface area contributed by atoms with Crippen molar-refractivity contribution in [3.05, 3.63) is 45.8 Å². The SMILES string of the molecule is COOP1(=O)OC[C@H]2O[C@@H](n3ccc(=O)[nH]c3=O)[C@H](OC)[C@@H]2OP(=O)(OOC)SC[C@H]2O[C@@H](n3cnc4c(N)ncnc43)[C@H](O1)[C@@H]2F. The maximum absolute atomic E-state index is 16.2. The van der Waals surface area contributed by atoms with E-state index in [-0.39, 0.29) is 17.0 Å². The van der Waals surface area contributed by atoms with Gasteiger partial charge in [-0.05, 0) is 11.4 Å². The van der Waals surface area contributed by atoms with Crippen molar-refractivity contribution in [3.8, 4) is 0 Å². The lowest BCUT2D eigenvalue weighted by Crippen LogP contribution is -2.39. The van der Waals surface area contributed by atoms with Crippen molar-refractivity contribution in [2.75, 3.05) is 39.4 Å². The second kappa shape index (κ2) is 13.7. The lowest BCUT2D eigenvalue weighted by molar-refractivity contribution is -0.208. The van der Waals surface area contributed by atoms with Crippen LogP contribution in [0, 0.1) is 0 Å². The fourth-order valence-electron chi connectivity index (χ4n) is 5.24. The Morgan fingerprint density at radius 1 is 1.02 bits per heavy atom. The zero-order chi connectivity index (χ0) is 33.5. The predicted molar refractivity (Wildman–Crippen MR) is 154 cm³/mol. The van der Waals surface area contributed by atoms with Crippen molar-refractivity contribution >= 4 is 43.0 Å². The number of fused-ring (bicyclic) bond motifs is 4. The number of phosphoric ester groups is 1. The zero-order valence-electron chi connectivity index (χ0n) is 24.6. The summed E-state index contributed by atoms with van der Waals surface area (Å²) in [5.41, 5.74) is 4.67. The van der Waals surface area contributed by atoms with Crippen molar-refractivity contribution in [3.63, 3.8) is 0 Å². The molecule has 10 atom stereocenters. The van der Waals surface area contributed by atoms with Gasteiger partial charge in [0.05, 0.1) is 27.2 Å². The number of hydrogen-bond acceptors (Lipinski definition) is 19. The minimum absolute atomic E-state index is 0.0321. The Labute approximate surface area is 266 Å². The molecule has 6 rings (SSSR count). The standard InChI is InChI=1S/C22H28FN7O14P2S/c1-35-17-15-10(39-21(17)29-5-4-12(31)28-22(29)32)6-38-45(33,43-36-2)41-16-13(23)11(7-47-46(34,42-15)44-37-3)40-20(16)30-9-27-14-18(24)25-8-26-19(14)30/h4-5,8-11,13,15-17,20-21H,6-7H2,1-3H3,(H2,24,25,26)(H,28,31,32)/t10-,11-,13-,15-,16-,17-,20-,21-,45?,46?/m1/s1. The maximum Gasteiger partial charge on any atom is 0.502 e.